The molecule has 5 nitrogen and oxygen atoms in total. The maximum atomic E-state index is 11.5. The Kier molecular flexibility index (Phi) is 4.38. The molecule has 0 aromatic carbocycles. The second-order valence-corrected chi connectivity index (χ2v) is 4.94. The molecule has 0 spiro atoms. The minimum Gasteiger partial charge on any atom is -0.467 e. The summed E-state index contributed by atoms with van der Waals surface area (Å²) in [5.41, 5.74) is 2.67. The van der Waals surface area contributed by atoms with Gasteiger partial charge >= 0.3 is 0 Å². The predicted molar refractivity (Wildman–Crippen MR) is 68.7 cm³/mol. The molecule has 1 fully saturated rings. The van der Waals surface area contributed by atoms with E-state index < -0.39 is 0 Å². The van der Waals surface area contributed by atoms with E-state index in [1.807, 2.05) is 0 Å². The first-order valence-corrected chi connectivity index (χ1v) is 6.50. The molecule has 0 bridgehead atoms. The van der Waals surface area contributed by atoms with Crippen molar-refractivity contribution < 1.29 is 9.21 Å². The van der Waals surface area contributed by atoms with Crippen molar-refractivity contribution in [3.63, 3.8) is 0 Å². The Morgan fingerprint density at radius 3 is 2.89 bits per heavy atom. The zero-order chi connectivity index (χ0) is 13.0. The van der Waals surface area contributed by atoms with Crippen molar-refractivity contribution in [1.29, 1.82) is 0 Å². The van der Waals surface area contributed by atoms with Gasteiger partial charge in [-0.1, -0.05) is 19.3 Å². The lowest BCUT2D eigenvalue weighted by atomic mass is 9.94. The van der Waals surface area contributed by atoms with Crippen LogP contribution in [0.1, 0.15) is 48.2 Å². The first-order chi connectivity index (χ1) is 8.72. The molecule has 3 N–H and O–H groups in total. The van der Waals surface area contributed by atoms with E-state index in [0.717, 1.165) is 0 Å². The molecule has 0 atom stereocenters. The molecular weight excluding hydrogens is 230 g/mol. The van der Waals surface area contributed by atoms with Crippen LogP contribution in [-0.4, -0.2) is 23.9 Å². The van der Waals surface area contributed by atoms with Crippen LogP contribution < -0.4 is 11.3 Å². The van der Waals surface area contributed by atoms with E-state index in [4.69, 9.17) is 10.3 Å². The van der Waals surface area contributed by atoms with Gasteiger partial charge in [0.05, 0.1) is 18.4 Å². The number of hydrogen-bond donors (Lipinski definition) is 2. The van der Waals surface area contributed by atoms with Crippen molar-refractivity contribution in [3.8, 4) is 0 Å². The molecule has 0 saturated heterocycles. The molecule has 0 unspecified atom stereocenters. The van der Waals surface area contributed by atoms with Gasteiger partial charge in [-0.25, -0.2) is 5.84 Å². The van der Waals surface area contributed by atoms with Crippen molar-refractivity contribution in [2.75, 3.05) is 7.05 Å². The van der Waals surface area contributed by atoms with Gasteiger partial charge in [-0.15, -0.1) is 0 Å². The predicted octanol–water partition coefficient (Wildman–Crippen LogP) is 1.65. The Bertz CT molecular complexity index is 397. The van der Waals surface area contributed by atoms with Gasteiger partial charge < -0.3 is 4.42 Å². The zero-order valence-corrected chi connectivity index (χ0v) is 10.8. The first-order valence-electron chi connectivity index (χ1n) is 6.50. The third-order valence-corrected chi connectivity index (χ3v) is 3.71. The summed E-state index contributed by atoms with van der Waals surface area (Å²) < 4.78 is 5.39. The second kappa shape index (κ2) is 6.02. The lowest BCUT2D eigenvalue weighted by Crippen LogP contribution is -2.34. The van der Waals surface area contributed by atoms with Gasteiger partial charge in [0.1, 0.15) is 5.76 Å². The maximum Gasteiger partial charge on any atom is 0.268 e. The molecule has 5 heteroatoms. The lowest BCUT2D eigenvalue weighted by Gasteiger charge is -2.30. The summed E-state index contributed by atoms with van der Waals surface area (Å²) in [5, 5.41) is 0. The van der Waals surface area contributed by atoms with Crippen LogP contribution in [0.3, 0.4) is 0 Å². The number of carbonyl (C=O) groups is 1. The highest BCUT2D eigenvalue weighted by Crippen LogP contribution is 2.23. The highest BCUT2D eigenvalue weighted by Gasteiger charge is 2.21. The fourth-order valence-corrected chi connectivity index (χ4v) is 2.62. The van der Waals surface area contributed by atoms with Gasteiger partial charge in [0.15, 0.2) is 0 Å². The number of amides is 1. The minimum absolute atomic E-state index is 0.296. The third-order valence-electron chi connectivity index (χ3n) is 3.71. The van der Waals surface area contributed by atoms with Crippen LogP contribution in [0.2, 0.25) is 0 Å². The smallest absolute Gasteiger partial charge is 0.268 e. The Balaban J connectivity index is 2.00. The molecule has 1 aromatic heterocycles. The number of furan rings is 1. The summed E-state index contributed by atoms with van der Waals surface area (Å²) in [6.07, 6.45) is 7.93. The van der Waals surface area contributed by atoms with Gasteiger partial charge in [-0.2, -0.15) is 0 Å². The van der Waals surface area contributed by atoms with E-state index in [2.05, 4.69) is 17.4 Å². The van der Waals surface area contributed by atoms with E-state index >= 15 is 0 Å². The van der Waals surface area contributed by atoms with Crippen LogP contribution in [-0.2, 0) is 6.54 Å². The molecule has 1 heterocycles. The number of nitrogen functional groups attached to an aromatic ring is 1. The molecule has 1 saturated carbocycles. The van der Waals surface area contributed by atoms with Crippen LogP contribution in [0.4, 0.5) is 0 Å². The molecule has 1 aliphatic carbocycles. The summed E-state index contributed by atoms with van der Waals surface area (Å²) in [4.78, 5) is 13.8. The number of nitrogens with two attached hydrogens (primary N) is 1. The van der Waals surface area contributed by atoms with Crippen molar-refractivity contribution in [2.45, 2.75) is 44.7 Å². The van der Waals surface area contributed by atoms with Crippen LogP contribution >= 0.6 is 0 Å². The maximum absolute atomic E-state index is 11.5. The second-order valence-electron chi connectivity index (χ2n) is 4.94. The van der Waals surface area contributed by atoms with Gasteiger partial charge in [0, 0.05) is 6.04 Å². The van der Waals surface area contributed by atoms with Crippen LogP contribution in [0.25, 0.3) is 0 Å². The Morgan fingerprint density at radius 2 is 2.22 bits per heavy atom. The van der Waals surface area contributed by atoms with E-state index in [1.54, 1.807) is 6.07 Å². The van der Waals surface area contributed by atoms with Crippen LogP contribution in [0.5, 0.6) is 0 Å². The van der Waals surface area contributed by atoms with Gasteiger partial charge in [0.25, 0.3) is 5.91 Å². The number of rotatable bonds is 4. The van der Waals surface area contributed by atoms with Gasteiger partial charge in [-0.05, 0) is 26.0 Å². The average Bonchev–Trinajstić information content (AvgIpc) is 2.87. The van der Waals surface area contributed by atoms with Gasteiger partial charge in [0.2, 0.25) is 0 Å². The summed E-state index contributed by atoms with van der Waals surface area (Å²) in [7, 11) is 2.09. The lowest BCUT2D eigenvalue weighted by molar-refractivity contribution is 0.0948. The van der Waals surface area contributed by atoms with Crippen molar-refractivity contribution in [1.82, 2.24) is 10.3 Å². The van der Waals surface area contributed by atoms with Crippen molar-refractivity contribution >= 4 is 5.91 Å². The van der Waals surface area contributed by atoms with Gasteiger partial charge in [-0.3, -0.25) is 15.1 Å². The molecule has 1 aliphatic rings. The number of carbonyl (C=O) groups excluding carboxylic acids is 1. The highest BCUT2D eigenvalue weighted by molar-refractivity contribution is 5.94. The van der Waals surface area contributed by atoms with Crippen molar-refractivity contribution in [3.05, 3.63) is 23.7 Å². The quantitative estimate of drug-likeness (QED) is 0.485. The number of hydrazine groups is 1. The fourth-order valence-electron chi connectivity index (χ4n) is 2.62. The van der Waals surface area contributed by atoms with E-state index in [-0.39, 0.29) is 5.91 Å². The Hall–Kier alpha value is -1.33. The zero-order valence-electron chi connectivity index (χ0n) is 10.8. The summed E-state index contributed by atoms with van der Waals surface area (Å²) in [6.45, 7) is 0.653. The molecule has 0 aliphatic heterocycles. The molecule has 100 valence electrons. The largest absolute Gasteiger partial charge is 0.467 e. The number of nitrogens with zero attached hydrogens (tertiary/aromatic N) is 1. The average molecular weight is 251 g/mol. The monoisotopic (exact) mass is 251 g/mol. The normalized spacial score (nSPS) is 17.1. The van der Waals surface area contributed by atoms with E-state index in [0.29, 0.717) is 23.9 Å². The number of hydrogen-bond acceptors (Lipinski definition) is 4. The van der Waals surface area contributed by atoms with E-state index in [9.17, 15) is 4.79 Å². The molecule has 2 rings (SSSR count). The molecule has 18 heavy (non-hydrogen) atoms. The SMILES string of the molecule is CN(Cc1occc1C(=O)NN)C1CCCCC1. The highest BCUT2D eigenvalue weighted by atomic mass is 16.3. The summed E-state index contributed by atoms with van der Waals surface area (Å²) >= 11 is 0. The minimum atomic E-state index is -0.296. The third kappa shape index (κ3) is 2.91. The molecule has 0 radical (unpaired) electrons. The summed E-state index contributed by atoms with van der Waals surface area (Å²) in [5.74, 6) is 5.54. The van der Waals surface area contributed by atoms with Crippen molar-refractivity contribution in [2.24, 2.45) is 5.84 Å². The molecular formula is C13H21N3O2. The molecule has 1 aromatic rings. The Morgan fingerprint density at radius 1 is 1.50 bits per heavy atom. The number of nitrogens with one attached hydrogen (secondary N) is 1. The molecule has 1 amide bonds. The van der Waals surface area contributed by atoms with Crippen LogP contribution in [0, 0.1) is 0 Å². The van der Waals surface area contributed by atoms with E-state index in [1.165, 1.54) is 38.4 Å². The standard InChI is InChI=1S/C13H21N3O2/c1-16(10-5-3-2-4-6-10)9-12-11(7-8-18-12)13(17)15-14/h7-8,10H,2-6,9,14H2,1H3,(H,15,17). The first kappa shape index (κ1) is 13.1. The Labute approximate surface area is 107 Å². The van der Waals surface area contributed by atoms with Crippen LogP contribution in [0.15, 0.2) is 16.7 Å². The topological polar surface area (TPSA) is 71.5 Å². The fraction of sp³-hybridized carbons (Fsp3) is 0.615. The summed E-state index contributed by atoms with van der Waals surface area (Å²) in [6, 6.07) is 2.25.